The number of carboxylic acids is 1. The lowest BCUT2D eigenvalue weighted by molar-refractivity contribution is -0.143. The number of carboxylic acid groups (broad SMARTS) is 1. The molecule has 2 fully saturated rings. The van der Waals surface area contributed by atoms with Crippen LogP contribution in [0.3, 0.4) is 0 Å². The number of hydrogen-bond donors (Lipinski definition) is 1. The van der Waals surface area contributed by atoms with Crippen molar-refractivity contribution < 1.29 is 14.3 Å². The molecule has 0 spiro atoms. The van der Waals surface area contributed by atoms with E-state index in [2.05, 4.69) is 4.90 Å². The van der Waals surface area contributed by atoms with Gasteiger partial charge in [-0.05, 0) is 36.8 Å². The number of benzene rings is 1. The number of hydrogen-bond acceptors (Lipinski definition) is 3. The first-order chi connectivity index (χ1) is 10.2. The van der Waals surface area contributed by atoms with Crippen LogP contribution in [0.1, 0.15) is 25.0 Å². The first-order valence-electron chi connectivity index (χ1n) is 7.66. The van der Waals surface area contributed by atoms with Crippen molar-refractivity contribution in [1.82, 2.24) is 4.90 Å². The molecule has 4 nitrogen and oxygen atoms in total. The third kappa shape index (κ3) is 2.14. The lowest BCUT2D eigenvalue weighted by atomic mass is 9.94. The first-order valence-corrected chi connectivity index (χ1v) is 7.66. The maximum absolute atomic E-state index is 11.6. The van der Waals surface area contributed by atoms with Gasteiger partial charge >= 0.3 is 5.97 Å². The monoisotopic (exact) mass is 285 g/mol. The van der Waals surface area contributed by atoms with Gasteiger partial charge in [0.2, 0.25) is 0 Å². The van der Waals surface area contributed by atoms with Crippen LogP contribution >= 0.6 is 0 Å². The van der Waals surface area contributed by atoms with Gasteiger partial charge in [0.15, 0.2) is 0 Å². The minimum atomic E-state index is -0.680. The molecule has 1 aromatic heterocycles. The van der Waals surface area contributed by atoms with Gasteiger partial charge < -0.3 is 9.52 Å². The van der Waals surface area contributed by atoms with Gasteiger partial charge in [0.1, 0.15) is 17.4 Å². The molecule has 1 aliphatic carbocycles. The fourth-order valence-electron chi connectivity index (χ4n) is 4.21. The topological polar surface area (TPSA) is 53.7 Å². The molecule has 4 rings (SSSR count). The van der Waals surface area contributed by atoms with E-state index in [1.807, 2.05) is 30.3 Å². The van der Waals surface area contributed by atoms with Crippen LogP contribution in [-0.4, -0.2) is 28.6 Å². The Morgan fingerprint density at radius 1 is 1.33 bits per heavy atom. The van der Waals surface area contributed by atoms with Crippen LogP contribution in [0, 0.1) is 11.8 Å². The van der Waals surface area contributed by atoms with Gasteiger partial charge in [-0.1, -0.05) is 24.6 Å². The Hall–Kier alpha value is -1.81. The molecule has 21 heavy (non-hydrogen) atoms. The standard InChI is InChI=1S/C17H19NO3/c19-17(20)16-14-6-3-5-12(14)9-18(16)10-13-8-11-4-1-2-7-15(11)21-13/h1-2,4,7-8,12,14,16H,3,5-6,9-10H2,(H,19,20). The Morgan fingerprint density at radius 3 is 3.00 bits per heavy atom. The predicted molar refractivity (Wildman–Crippen MR) is 78.9 cm³/mol. The molecule has 2 aromatic rings. The second-order valence-corrected chi connectivity index (χ2v) is 6.32. The normalized spacial score (nSPS) is 29.0. The van der Waals surface area contributed by atoms with E-state index in [0.717, 1.165) is 29.7 Å². The summed E-state index contributed by atoms with van der Waals surface area (Å²) in [5.74, 6) is 1.06. The number of likely N-dealkylation sites (tertiary alicyclic amines) is 1. The summed E-state index contributed by atoms with van der Waals surface area (Å²) < 4.78 is 5.85. The Morgan fingerprint density at radius 2 is 2.19 bits per heavy atom. The molecule has 0 radical (unpaired) electrons. The zero-order valence-electron chi connectivity index (χ0n) is 11.9. The van der Waals surface area contributed by atoms with Crippen molar-refractivity contribution in [2.75, 3.05) is 6.54 Å². The number of carbonyl (C=O) groups is 1. The van der Waals surface area contributed by atoms with Crippen molar-refractivity contribution in [3.63, 3.8) is 0 Å². The maximum Gasteiger partial charge on any atom is 0.321 e. The van der Waals surface area contributed by atoms with Crippen LogP contribution in [-0.2, 0) is 11.3 Å². The van der Waals surface area contributed by atoms with E-state index in [-0.39, 0.29) is 6.04 Å². The molecular formula is C17H19NO3. The zero-order chi connectivity index (χ0) is 14.4. The SMILES string of the molecule is O=C(O)C1C2CCCC2CN1Cc1cc2ccccc2o1. The predicted octanol–water partition coefficient (Wildman–Crippen LogP) is 3.12. The largest absolute Gasteiger partial charge is 0.480 e. The quantitative estimate of drug-likeness (QED) is 0.941. The van der Waals surface area contributed by atoms with Crippen LogP contribution in [0.25, 0.3) is 11.0 Å². The number of rotatable bonds is 3. The Bertz CT molecular complexity index is 644. The van der Waals surface area contributed by atoms with Crippen LogP contribution < -0.4 is 0 Å². The molecule has 1 saturated carbocycles. The number of furan rings is 1. The summed E-state index contributed by atoms with van der Waals surface area (Å²) in [6, 6.07) is 9.60. The summed E-state index contributed by atoms with van der Waals surface area (Å²) in [5.41, 5.74) is 0.874. The molecule has 4 heteroatoms. The number of aliphatic carboxylic acids is 1. The van der Waals surface area contributed by atoms with Gasteiger partial charge in [0.25, 0.3) is 0 Å². The average Bonchev–Trinajstić information content (AvgIpc) is 3.10. The summed E-state index contributed by atoms with van der Waals surface area (Å²) in [6.07, 6.45) is 3.40. The second kappa shape index (κ2) is 4.88. The number of nitrogens with zero attached hydrogens (tertiary/aromatic N) is 1. The van der Waals surface area contributed by atoms with Gasteiger partial charge in [-0.2, -0.15) is 0 Å². The zero-order valence-corrected chi connectivity index (χ0v) is 11.9. The summed E-state index contributed by atoms with van der Waals surface area (Å²) in [5, 5.41) is 10.7. The van der Waals surface area contributed by atoms with Gasteiger partial charge in [-0.3, -0.25) is 9.69 Å². The molecule has 0 bridgehead atoms. The molecule has 3 unspecified atom stereocenters. The van der Waals surface area contributed by atoms with E-state index in [0.29, 0.717) is 18.4 Å². The average molecular weight is 285 g/mol. The van der Waals surface area contributed by atoms with Crippen LogP contribution in [0.2, 0.25) is 0 Å². The molecular weight excluding hydrogens is 266 g/mol. The van der Waals surface area contributed by atoms with Crippen molar-refractivity contribution in [3.05, 3.63) is 36.1 Å². The molecule has 2 heterocycles. The van der Waals surface area contributed by atoms with Crippen molar-refractivity contribution >= 4 is 16.9 Å². The highest BCUT2D eigenvalue weighted by atomic mass is 16.4. The van der Waals surface area contributed by atoms with E-state index >= 15 is 0 Å². The van der Waals surface area contributed by atoms with Gasteiger partial charge in [-0.25, -0.2) is 0 Å². The number of para-hydroxylation sites is 1. The Balaban J connectivity index is 1.59. The second-order valence-electron chi connectivity index (χ2n) is 6.32. The maximum atomic E-state index is 11.6. The van der Waals surface area contributed by atoms with E-state index in [1.54, 1.807) is 0 Å². The van der Waals surface area contributed by atoms with Crippen LogP contribution in [0.4, 0.5) is 0 Å². The van der Waals surface area contributed by atoms with Crippen molar-refractivity contribution in [1.29, 1.82) is 0 Å². The third-order valence-corrected chi connectivity index (χ3v) is 5.07. The molecule has 1 aromatic carbocycles. The summed E-state index contributed by atoms with van der Waals surface area (Å²) >= 11 is 0. The Kier molecular flexibility index (Phi) is 3.00. The fraction of sp³-hybridized carbons (Fsp3) is 0.471. The van der Waals surface area contributed by atoms with Crippen molar-refractivity contribution in [2.24, 2.45) is 11.8 Å². The van der Waals surface area contributed by atoms with E-state index in [1.165, 1.54) is 12.8 Å². The van der Waals surface area contributed by atoms with E-state index < -0.39 is 5.97 Å². The highest BCUT2D eigenvalue weighted by Crippen LogP contribution is 2.42. The Labute approximate surface area is 123 Å². The molecule has 1 N–H and O–H groups in total. The molecule has 2 aliphatic rings. The van der Waals surface area contributed by atoms with E-state index in [4.69, 9.17) is 4.42 Å². The van der Waals surface area contributed by atoms with Crippen molar-refractivity contribution in [3.8, 4) is 0 Å². The molecule has 110 valence electrons. The third-order valence-electron chi connectivity index (χ3n) is 5.07. The van der Waals surface area contributed by atoms with Crippen molar-refractivity contribution in [2.45, 2.75) is 31.8 Å². The van der Waals surface area contributed by atoms with E-state index in [9.17, 15) is 9.90 Å². The van der Waals surface area contributed by atoms with Gasteiger partial charge in [0.05, 0.1) is 6.54 Å². The van der Waals surface area contributed by atoms with Crippen LogP contribution in [0.5, 0.6) is 0 Å². The minimum absolute atomic E-state index is 0.326. The lowest BCUT2D eigenvalue weighted by Gasteiger charge is -2.22. The first kappa shape index (κ1) is 12.9. The highest BCUT2D eigenvalue weighted by Gasteiger charge is 2.47. The molecule has 0 amide bonds. The smallest absolute Gasteiger partial charge is 0.321 e. The summed E-state index contributed by atoms with van der Waals surface area (Å²) in [4.78, 5) is 13.7. The van der Waals surface area contributed by atoms with Gasteiger partial charge in [0, 0.05) is 11.9 Å². The summed E-state index contributed by atoms with van der Waals surface area (Å²) in [6.45, 7) is 1.48. The van der Waals surface area contributed by atoms with Crippen LogP contribution in [0.15, 0.2) is 34.7 Å². The fourth-order valence-corrected chi connectivity index (χ4v) is 4.21. The molecule has 3 atom stereocenters. The lowest BCUT2D eigenvalue weighted by Crippen LogP contribution is -2.39. The molecule has 1 saturated heterocycles. The minimum Gasteiger partial charge on any atom is -0.480 e. The van der Waals surface area contributed by atoms with Gasteiger partial charge in [-0.15, -0.1) is 0 Å². The molecule has 1 aliphatic heterocycles. The summed E-state index contributed by atoms with van der Waals surface area (Å²) in [7, 11) is 0. The number of fused-ring (bicyclic) bond motifs is 2. The highest BCUT2D eigenvalue weighted by molar-refractivity contribution is 5.78.